The highest BCUT2D eigenvalue weighted by molar-refractivity contribution is 5.20. The summed E-state index contributed by atoms with van der Waals surface area (Å²) >= 11 is 0. The third-order valence-electron chi connectivity index (χ3n) is 4.13. The first kappa shape index (κ1) is 14.2. The molecule has 1 N–H and O–H groups in total. The number of aromatic nitrogens is 3. The molecular formula is C16H23N5. The second-order valence-corrected chi connectivity index (χ2v) is 5.71. The third kappa shape index (κ3) is 3.31. The highest BCUT2D eigenvalue weighted by atomic mass is 15.3. The molecule has 1 atom stereocenters. The van der Waals surface area contributed by atoms with Crippen molar-refractivity contribution in [1.29, 1.82) is 0 Å². The summed E-state index contributed by atoms with van der Waals surface area (Å²) in [4.78, 5) is 9.44. The van der Waals surface area contributed by atoms with Crippen LogP contribution in [0.1, 0.15) is 30.2 Å². The molecule has 0 aliphatic carbocycles. The average molecular weight is 285 g/mol. The van der Waals surface area contributed by atoms with E-state index in [1.165, 1.54) is 5.56 Å². The zero-order valence-electron chi connectivity index (χ0n) is 12.8. The minimum atomic E-state index is 0.417. The normalized spacial score (nSPS) is 20.8. The molecule has 1 aromatic heterocycles. The fraction of sp³-hybridized carbons (Fsp3) is 0.500. The number of rotatable bonds is 4. The van der Waals surface area contributed by atoms with Crippen molar-refractivity contribution in [2.45, 2.75) is 25.9 Å². The molecule has 112 valence electrons. The number of aromatic amines is 1. The summed E-state index contributed by atoms with van der Waals surface area (Å²) in [6.07, 6.45) is 0.876. The maximum absolute atomic E-state index is 4.55. The van der Waals surface area contributed by atoms with E-state index in [0.29, 0.717) is 6.04 Å². The van der Waals surface area contributed by atoms with Gasteiger partial charge in [-0.2, -0.15) is 5.10 Å². The summed E-state index contributed by atoms with van der Waals surface area (Å²) in [6.45, 7) is 6.12. The maximum Gasteiger partial charge on any atom is 0.150 e. The van der Waals surface area contributed by atoms with Crippen molar-refractivity contribution in [3.05, 3.63) is 47.5 Å². The van der Waals surface area contributed by atoms with E-state index in [1.807, 2.05) is 0 Å². The Hall–Kier alpha value is -1.72. The minimum Gasteiger partial charge on any atom is -0.303 e. The van der Waals surface area contributed by atoms with Gasteiger partial charge in [0, 0.05) is 32.1 Å². The molecule has 1 fully saturated rings. The van der Waals surface area contributed by atoms with Gasteiger partial charge in [-0.25, -0.2) is 4.98 Å². The van der Waals surface area contributed by atoms with Crippen LogP contribution in [0.3, 0.4) is 0 Å². The number of nitrogens with zero attached hydrogens (tertiary/aromatic N) is 4. The van der Waals surface area contributed by atoms with E-state index in [-0.39, 0.29) is 0 Å². The molecule has 5 nitrogen and oxygen atoms in total. The van der Waals surface area contributed by atoms with Gasteiger partial charge in [-0.1, -0.05) is 37.3 Å². The molecule has 0 spiro atoms. The predicted molar refractivity (Wildman–Crippen MR) is 82.9 cm³/mol. The number of hydrogen-bond acceptors (Lipinski definition) is 4. The Labute approximate surface area is 126 Å². The molecule has 0 radical (unpaired) electrons. The highest BCUT2D eigenvalue weighted by Gasteiger charge is 2.27. The lowest BCUT2D eigenvalue weighted by atomic mass is 10.0. The Morgan fingerprint density at radius 2 is 2.05 bits per heavy atom. The minimum absolute atomic E-state index is 0.417. The van der Waals surface area contributed by atoms with Gasteiger partial charge in [0.2, 0.25) is 0 Å². The van der Waals surface area contributed by atoms with Crippen LogP contribution in [-0.4, -0.2) is 51.7 Å². The highest BCUT2D eigenvalue weighted by Crippen LogP contribution is 2.25. The van der Waals surface area contributed by atoms with Crippen LogP contribution in [0.25, 0.3) is 0 Å². The van der Waals surface area contributed by atoms with Gasteiger partial charge in [0.05, 0.1) is 6.54 Å². The van der Waals surface area contributed by atoms with Crippen molar-refractivity contribution in [2.24, 2.45) is 0 Å². The number of nitrogens with one attached hydrogen (secondary N) is 1. The van der Waals surface area contributed by atoms with Crippen LogP contribution in [-0.2, 0) is 13.0 Å². The molecule has 2 aromatic rings. The molecule has 0 amide bonds. The van der Waals surface area contributed by atoms with E-state index in [4.69, 9.17) is 0 Å². The van der Waals surface area contributed by atoms with Crippen molar-refractivity contribution in [3.8, 4) is 0 Å². The second-order valence-electron chi connectivity index (χ2n) is 5.71. The lowest BCUT2D eigenvalue weighted by molar-refractivity contribution is 0.0811. The molecule has 1 aliphatic heterocycles. The summed E-state index contributed by atoms with van der Waals surface area (Å²) < 4.78 is 0. The van der Waals surface area contributed by atoms with Crippen molar-refractivity contribution in [3.63, 3.8) is 0 Å². The maximum atomic E-state index is 4.55. The van der Waals surface area contributed by atoms with E-state index >= 15 is 0 Å². The van der Waals surface area contributed by atoms with Crippen LogP contribution >= 0.6 is 0 Å². The lowest BCUT2D eigenvalue weighted by Crippen LogP contribution is -2.46. The van der Waals surface area contributed by atoms with Gasteiger partial charge in [-0.3, -0.25) is 10.00 Å². The number of piperazine rings is 1. The standard InChI is InChI=1S/C16H23N5/c1-3-15-17-16(19-18-15)12-21-10-9-20(2)11-14(21)13-7-5-4-6-8-13/h4-8,14H,3,9-12H2,1-2H3,(H,17,18,19). The van der Waals surface area contributed by atoms with Gasteiger partial charge in [-0.15, -0.1) is 0 Å². The van der Waals surface area contributed by atoms with Gasteiger partial charge >= 0.3 is 0 Å². The molecule has 1 aliphatic rings. The average Bonchev–Trinajstić information content (AvgIpc) is 2.98. The van der Waals surface area contributed by atoms with E-state index in [2.05, 4.69) is 69.3 Å². The third-order valence-corrected chi connectivity index (χ3v) is 4.13. The first-order chi connectivity index (χ1) is 10.3. The van der Waals surface area contributed by atoms with E-state index < -0.39 is 0 Å². The van der Waals surface area contributed by atoms with Gasteiger partial charge in [-0.05, 0) is 12.6 Å². The summed E-state index contributed by atoms with van der Waals surface area (Å²) in [5.74, 6) is 1.87. The molecular weight excluding hydrogens is 262 g/mol. The zero-order chi connectivity index (χ0) is 14.7. The second kappa shape index (κ2) is 6.37. The topological polar surface area (TPSA) is 48.1 Å². The molecule has 3 rings (SSSR count). The Morgan fingerprint density at radius 3 is 2.76 bits per heavy atom. The van der Waals surface area contributed by atoms with Crippen molar-refractivity contribution < 1.29 is 0 Å². The molecule has 2 heterocycles. The zero-order valence-corrected chi connectivity index (χ0v) is 12.8. The van der Waals surface area contributed by atoms with Gasteiger partial charge in [0.15, 0.2) is 0 Å². The van der Waals surface area contributed by atoms with Gasteiger partial charge in [0.25, 0.3) is 0 Å². The monoisotopic (exact) mass is 285 g/mol. The van der Waals surface area contributed by atoms with Gasteiger partial charge < -0.3 is 4.90 Å². The number of aryl methyl sites for hydroxylation is 1. The van der Waals surface area contributed by atoms with Crippen LogP contribution in [0.5, 0.6) is 0 Å². The largest absolute Gasteiger partial charge is 0.303 e. The van der Waals surface area contributed by atoms with Crippen LogP contribution in [0, 0.1) is 0 Å². The SMILES string of the molecule is CCc1n[nH]c(CN2CCN(C)CC2c2ccccc2)n1. The fourth-order valence-electron chi connectivity index (χ4n) is 2.89. The first-order valence-electron chi connectivity index (χ1n) is 7.64. The number of H-pyrrole nitrogens is 1. The Kier molecular flexibility index (Phi) is 4.31. The molecule has 5 heteroatoms. The summed E-state index contributed by atoms with van der Waals surface area (Å²) in [6, 6.07) is 11.2. The van der Waals surface area contributed by atoms with Crippen LogP contribution in [0.15, 0.2) is 30.3 Å². The molecule has 1 unspecified atom stereocenters. The van der Waals surface area contributed by atoms with Crippen LogP contribution in [0.4, 0.5) is 0 Å². The Bertz CT molecular complexity index is 565. The molecule has 0 saturated carbocycles. The number of benzene rings is 1. The number of likely N-dealkylation sites (N-methyl/N-ethyl adjacent to an activating group) is 1. The smallest absolute Gasteiger partial charge is 0.150 e. The van der Waals surface area contributed by atoms with Crippen LogP contribution in [0.2, 0.25) is 0 Å². The van der Waals surface area contributed by atoms with Crippen LogP contribution < -0.4 is 0 Å². The Morgan fingerprint density at radius 1 is 1.24 bits per heavy atom. The molecule has 21 heavy (non-hydrogen) atoms. The fourth-order valence-corrected chi connectivity index (χ4v) is 2.89. The molecule has 1 aromatic carbocycles. The van der Waals surface area contributed by atoms with Crippen molar-refractivity contribution in [1.82, 2.24) is 25.0 Å². The van der Waals surface area contributed by atoms with Crippen molar-refractivity contribution in [2.75, 3.05) is 26.7 Å². The molecule has 0 bridgehead atoms. The van der Waals surface area contributed by atoms with E-state index in [9.17, 15) is 0 Å². The van der Waals surface area contributed by atoms with E-state index in [0.717, 1.165) is 44.2 Å². The lowest BCUT2D eigenvalue weighted by Gasteiger charge is -2.39. The van der Waals surface area contributed by atoms with Crippen molar-refractivity contribution >= 4 is 0 Å². The van der Waals surface area contributed by atoms with Gasteiger partial charge in [0.1, 0.15) is 11.6 Å². The Balaban J connectivity index is 1.77. The summed E-state index contributed by atoms with van der Waals surface area (Å²) in [5, 5.41) is 7.31. The summed E-state index contributed by atoms with van der Waals surface area (Å²) in [7, 11) is 2.19. The summed E-state index contributed by atoms with van der Waals surface area (Å²) in [5.41, 5.74) is 1.37. The predicted octanol–water partition coefficient (Wildman–Crippen LogP) is 1.86. The number of hydrogen-bond donors (Lipinski definition) is 1. The quantitative estimate of drug-likeness (QED) is 0.931. The first-order valence-corrected chi connectivity index (χ1v) is 7.64. The van der Waals surface area contributed by atoms with E-state index in [1.54, 1.807) is 0 Å². The molecule has 1 saturated heterocycles.